The first kappa shape index (κ1) is 14.2. The van der Waals surface area contributed by atoms with Crippen molar-refractivity contribution < 1.29 is 4.79 Å². The lowest BCUT2D eigenvalue weighted by Gasteiger charge is -2.35. The quantitative estimate of drug-likeness (QED) is 0.763. The van der Waals surface area contributed by atoms with Gasteiger partial charge in [-0.25, -0.2) is 0 Å². The molecule has 0 aliphatic heterocycles. The van der Waals surface area contributed by atoms with Crippen molar-refractivity contribution in [1.82, 2.24) is 9.88 Å². The molecule has 1 aliphatic carbocycles. The van der Waals surface area contributed by atoms with Crippen LogP contribution in [-0.2, 0) is 11.3 Å². The average Bonchev–Trinajstić information content (AvgIpc) is 2.39. The third kappa shape index (κ3) is 3.87. The van der Waals surface area contributed by atoms with E-state index in [4.69, 9.17) is 0 Å². The Balaban J connectivity index is 1.96. The first-order chi connectivity index (χ1) is 9.13. The summed E-state index contributed by atoms with van der Waals surface area (Å²) in [4.78, 5) is 18.2. The Kier molecular flexibility index (Phi) is 4.70. The van der Waals surface area contributed by atoms with Gasteiger partial charge < -0.3 is 4.79 Å². The minimum Gasteiger partial charge on any atom is -0.303 e. The lowest BCUT2D eigenvalue weighted by atomic mass is 9.75. The van der Waals surface area contributed by atoms with Crippen molar-refractivity contribution in [2.24, 2.45) is 5.41 Å². The normalized spacial score (nSPS) is 18.5. The van der Waals surface area contributed by atoms with E-state index in [0.717, 1.165) is 37.3 Å². The predicted octanol–water partition coefficient (Wildman–Crippen LogP) is 2.97. The fourth-order valence-corrected chi connectivity index (χ4v) is 3.13. The van der Waals surface area contributed by atoms with E-state index in [0.29, 0.717) is 0 Å². The summed E-state index contributed by atoms with van der Waals surface area (Å²) in [7, 11) is 2.09. The molecule has 1 aromatic heterocycles. The second-order valence-electron chi connectivity index (χ2n) is 5.98. The minimum atomic E-state index is -0.114. The van der Waals surface area contributed by atoms with Crippen LogP contribution < -0.4 is 0 Å². The molecule has 3 nitrogen and oxygen atoms in total. The van der Waals surface area contributed by atoms with E-state index < -0.39 is 0 Å². The Labute approximate surface area is 116 Å². The molecule has 0 radical (unpaired) electrons. The Hall–Kier alpha value is -1.22. The molecule has 0 saturated heterocycles. The SMILES string of the molecule is Cc1cccc(CN(C)CC2(C=O)CCCCC2)n1. The van der Waals surface area contributed by atoms with Gasteiger partial charge in [-0.15, -0.1) is 0 Å². The van der Waals surface area contributed by atoms with Crippen LogP contribution in [-0.4, -0.2) is 29.8 Å². The van der Waals surface area contributed by atoms with E-state index in [1.807, 2.05) is 19.1 Å². The molecule has 0 unspecified atom stereocenters. The fourth-order valence-electron chi connectivity index (χ4n) is 3.13. The predicted molar refractivity (Wildman–Crippen MR) is 76.9 cm³/mol. The summed E-state index contributed by atoms with van der Waals surface area (Å²) in [5.74, 6) is 0. The van der Waals surface area contributed by atoms with Crippen molar-refractivity contribution in [3.05, 3.63) is 29.6 Å². The summed E-state index contributed by atoms with van der Waals surface area (Å²) in [5, 5.41) is 0. The monoisotopic (exact) mass is 260 g/mol. The number of pyridine rings is 1. The van der Waals surface area contributed by atoms with Gasteiger partial charge in [-0.05, 0) is 38.9 Å². The van der Waals surface area contributed by atoms with Gasteiger partial charge in [0.1, 0.15) is 6.29 Å². The van der Waals surface area contributed by atoms with E-state index >= 15 is 0 Å². The number of carbonyl (C=O) groups excluding carboxylic acids is 1. The highest BCUT2D eigenvalue weighted by Crippen LogP contribution is 2.35. The van der Waals surface area contributed by atoms with Crippen LogP contribution in [0.15, 0.2) is 18.2 Å². The zero-order chi connectivity index (χ0) is 13.7. The van der Waals surface area contributed by atoms with Crippen molar-refractivity contribution in [3.8, 4) is 0 Å². The maximum absolute atomic E-state index is 11.5. The van der Waals surface area contributed by atoms with Crippen molar-refractivity contribution in [3.63, 3.8) is 0 Å². The number of aldehydes is 1. The van der Waals surface area contributed by atoms with Crippen LogP contribution in [0.2, 0.25) is 0 Å². The van der Waals surface area contributed by atoms with Crippen LogP contribution in [0.3, 0.4) is 0 Å². The summed E-state index contributed by atoms with van der Waals surface area (Å²) in [6.07, 6.45) is 6.94. The van der Waals surface area contributed by atoms with Crippen LogP contribution in [0, 0.1) is 12.3 Å². The first-order valence-electron chi connectivity index (χ1n) is 7.21. The highest BCUT2D eigenvalue weighted by atomic mass is 16.1. The molecule has 0 spiro atoms. The number of carbonyl (C=O) groups is 1. The largest absolute Gasteiger partial charge is 0.303 e. The van der Waals surface area contributed by atoms with Crippen LogP contribution in [0.4, 0.5) is 0 Å². The van der Waals surface area contributed by atoms with Crippen LogP contribution >= 0.6 is 0 Å². The van der Waals surface area contributed by atoms with Gasteiger partial charge in [0.25, 0.3) is 0 Å². The van der Waals surface area contributed by atoms with E-state index in [1.165, 1.54) is 25.5 Å². The molecular formula is C16H24N2O. The fraction of sp³-hybridized carbons (Fsp3) is 0.625. The summed E-state index contributed by atoms with van der Waals surface area (Å²) in [5.41, 5.74) is 2.02. The molecule has 1 saturated carbocycles. The van der Waals surface area contributed by atoms with Crippen molar-refractivity contribution in [2.75, 3.05) is 13.6 Å². The number of hydrogen-bond donors (Lipinski definition) is 0. The smallest absolute Gasteiger partial charge is 0.127 e. The zero-order valence-electron chi connectivity index (χ0n) is 12.1. The summed E-state index contributed by atoms with van der Waals surface area (Å²) in [6, 6.07) is 6.11. The van der Waals surface area contributed by atoms with Gasteiger partial charge in [-0.2, -0.15) is 0 Å². The van der Waals surface area contributed by atoms with Crippen LogP contribution in [0.1, 0.15) is 43.5 Å². The standard InChI is InChI=1S/C16H24N2O/c1-14-7-6-8-15(17-14)11-18(2)12-16(13-19)9-4-3-5-10-16/h6-8,13H,3-5,9-12H2,1-2H3. The van der Waals surface area contributed by atoms with Gasteiger partial charge in [0.05, 0.1) is 5.69 Å². The highest BCUT2D eigenvalue weighted by molar-refractivity contribution is 5.60. The minimum absolute atomic E-state index is 0.114. The molecule has 0 bridgehead atoms. The van der Waals surface area contributed by atoms with E-state index in [-0.39, 0.29) is 5.41 Å². The highest BCUT2D eigenvalue weighted by Gasteiger charge is 2.32. The van der Waals surface area contributed by atoms with E-state index in [1.54, 1.807) is 0 Å². The summed E-state index contributed by atoms with van der Waals surface area (Å²) < 4.78 is 0. The number of aromatic nitrogens is 1. The third-order valence-electron chi connectivity index (χ3n) is 4.06. The number of rotatable bonds is 5. The molecule has 19 heavy (non-hydrogen) atoms. The molecule has 2 rings (SSSR count). The van der Waals surface area contributed by atoms with Gasteiger partial charge in [-0.1, -0.05) is 25.3 Å². The molecule has 1 aromatic rings. The number of hydrogen-bond acceptors (Lipinski definition) is 3. The topological polar surface area (TPSA) is 33.2 Å². The van der Waals surface area contributed by atoms with Crippen LogP contribution in [0.5, 0.6) is 0 Å². The zero-order valence-corrected chi connectivity index (χ0v) is 12.1. The van der Waals surface area contributed by atoms with E-state index in [9.17, 15) is 4.79 Å². The van der Waals surface area contributed by atoms with Crippen molar-refractivity contribution >= 4 is 6.29 Å². The number of nitrogens with zero attached hydrogens (tertiary/aromatic N) is 2. The van der Waals surface area contributed by atoms with Crippen molar-refractivity contribution in [2.45, 2.75) is 45.6 Å². The molecule has 104 valence electrons. The molecule has 1 fully saturated rings. The van der Waals surface area contributed by atoms with Gasteiger partial charge in [-0.3, -0.25) is 9.88 Å². The molecule has 1 heterocycles. The molecule has 0 amide bonds. The Bertz CT molecular complexity index is 425. The maximum atomic E-state index is 11.5. The Morgan fingerprint density at radius 2 is 2.05 bits per heavy atom. The molecular weight excluding hydrogens is 236 g/mol. The Morgan fingerprint density at radius 3 is 2.68 bits per heavy atom. The second-order valence-corrected chi connectivity index (χ2v) is 5.98. The molecule has 0 N–H and O–H groups in total. The molecule has 0 atom stereocenters. The number of aryl methyl sites for hydroxylation is 1. The lowest BCUT2D eigenvalue weighted by molar-refractivity contribution is -0.119. The maximum Gasteiger partial charge on any atom is 0.127 e. The van der Waals surface area contributed by atoms with E-state index in [2.05, 4.69) is 23.0 Å². The van der Waals surface area contributed by atoms with Gasteiger partial charge >= 0.3 is 0 Å². The molecule has 1 aliphatic rings. The third-order valence-corrected chi connectivity index (χ3v) is 4.06. The lowest BCUT2D eigenvalue weighted by Crippen LogP contribution is -2.38. The molecule has 0 aromatic carbocycles. The molecule has 3 heteroatoms. The van der Waals surface area contributed by atoms with Gasteiger partial charge in [0.15, 0.2) is 0 Å². The summed E-state index contributed by atoms with van der Waals surface area (Å²) >= 11 is 0. The second kappa shape index (κ2) is 6.29. The summed E-state index contributed by atoms with van der Waals surface area (Å²) in [6.45, 7) is 3.68. The first-order valence-corrected chi connectivity index (χ1v) is 7.21. The Morgan fingerprint density at radius 1 is 1.32 bits per heavy atom. The average molecular weight is 260 g/mol. The van der Waals surface area contributed by atoms with Crippen molar-refractivity contribution in [1.29, 1.82) is 0 Å². The van der Waals surface area contributed by atoms with Crippen LogP contribution in [0.25, 0.3) is 0 Å². The van der Waals surface area contributed by atoms with Gasteiger partial charge in [0, 0.05) is 24.2 Å². The van der Waals surface area contributed by atoms with Gasteiger partial charge in [0.2, 0.25) is 0 Å².